The molecule has 116 valence electrons. The molecule has 0 fully saturated rings. The Morgan fingerprint density at radius 2 is 1.91 bits per heavy atom. The quantitative estimate of drug-likeness (QED) is 0.793. The van der Waals surface area contributed by atoms with E-state index in [4.69, 9.17) is 9.26 Å². The van der Waals surface area contributed by atoms with Crippen LogP contribution in [0.15, 0.2) is 59.1 Å². The van der Waals surface area contributed by atoms with Gasteiger partial charge in [-0.15, -0.1) is 0 Å². The Hall–Kier alpha value is -3.08. The summed E-state index contributed by atoms with van der Waals surface area (Å²) in [5.41, 5.74) is 2.86. The summed E-state index contributed by atoms with van der Waals surface area (Å²) < 4.78 is 10.4. The van der Waals surface area contributed by atoms with E-state index in [0.717, 1.165) is 22.6 Å². The zero-order valence-electron chi connectivity index (χ0n) is 12.9. The van der Waals surface area contributed by atoms with Crippen molar-refractivity contribution in [1.82, 2.24) is 5.16 Å². The highest BCUT2D eigenvalue weighted by molar-refractivity contribution is 6.03. The van der Waals surface area contributed by atoms with E-state index in [9.17, 15) is 4.79 Å². The monoisotopic (exact) mass is 308 g/mol. The maximum Gasteiger partial charge on any atom is 0.277 e. The van der Waals surface area contributed by atoms with Gasteiger partial charge in [0, 0.05) is 17.3 Å². The molecule has 0 radical (unpaired) electrons. The van der Waals surface area contributed by atoms with Gasteiger partial charge in [0.05, 0.1) is 7.11 Å². The highest BCUT2D eigenvalue weighted by Crippen LogP contribution is 2.23. The number of nitrogens with one attached hydrogen (secondary N) is 1. The van der Waals surface area contributed by atoms with Crippen LogP contribution >= 0.6 is 0 Å². The molecule has 1 amide bonds. The SMILES string of the molecule is COc1ccc(-c2cc(C(=O)Nc3cccc(C)c3)no2)cc1. The summed E-state index contributed by atoms with van der Waals surface area (Å²) >= 11 is 0. The maximum absolute atomic E-state index is 12.2. The summed E-state index contributed by atoms with van der Waals surface area (Å²) in [6.07, 6.45) is 0. The number of rotatable bonds is 4. The van der Waals surface area contributed by atoms with Crippen LogP contribution in [-0.4, -0.2) is 18.2 Å². The van der Waals surface area contributed by atoms with Gasteiger partial charge in [-0.1, -0.05) is 17.3 Å². The normalized spacial score (nSPS) is 10.3. The van der Waals surface area contributed by atoms with E-state index in [1.54, 1.807) is 13.2 Å². The van der Waals surface area contributed by atoms with Gasteiger partial charge < -0.3 is 14.6 Å². The molecule has 0 saturated heterocycles. The van der Waals surface area contributed by atoms with E-state index in [1.807, 2.05) is 55.5 Å². The number of hydrogen-bond donors (Lipinski definition) is 1. The first-order valence-corrected chi connectivity index (χ1v) is 7.15. The highest BCUT2D eigenvalue weighted by Gasteiger charge is 2.14. The largest absolute Gasteiger partial charge is 0.497 e. The number of aromatic nitrogens is 1. The van der Waals surface area contributed by atoms with Gasteiger partial charge in [-0.3, -0.25) is 4.79 Å². The van der Waals surface area contributed by atoms with Gasteiger partial charge in [0.25, 0.3) is 5.91 Å². The van der Waals surface area contributed by atoms with Crippen molar-refractivity contribution in [3.63, 3.8) is 0 Å². The Morgan fingerprint density at radius 3 is 2.61 bits per heavy atom. The molecule has 0 spiro atoms. The highest BCUT2D eigenvalue weighted by atomic mass is 16.5. The number of methoxy groups -OCH3 is 1. The molecule has 0 aliphatic rings. The van der Waals surface area contributed by atoms with Crippen molar-refractivity contribution >= 4 is 11.6 Å². The standard InChI is InChI=1S/C18H16N2O3/c1-12-4-3-5-14(10-12)19-18(21)16-11-17(23-20-16)13-6-8-15(22-2)9-7-13/h3-11H,1-2H3,(H,19,21). The Balaban J connectivity index is 1.76. The predicted octanol–water partition coefficient (Wildman–Crippen LogP) is 3.91. The molecule has 0 aliphatic carbocycles. The van der Waals surface area contributed by atoms with Gasteiger partial charge in [0.1, 0.15) is 5.75 Å². The first-order valence-electron chi connectivity index (χ1n) is 7.15. The fourth-order valence-electron chi connectivity index (χ4n) is 2.19. The Labute approximate surface area is 133 Å². The van der Waals surface area contributed by atoms with Crippen LogP contribution < -0.4 is 10.1 Å². The summed E-state index contributed by atoms with van der Waals surface area (Å²) in [5, 5.41) is 6.64. The number of anilines is 1. The number of aryl methyl sites for hydroxylation is 1. The van der Waals surface area contributed by atoms with Crippen molar-refractivity contribution in [2.45, 2.75) is 6.92 Å². The lowest BCUT2D eigenvalue weighted by Gasteiger charge is -2.03. The second-order valence-electron chi connectivity index (χ2n) is 5.13. The zero-order valence-corrected chi connectivity index (χ0v) is 12.9. The first-order chi connectivity index (χ1) is 11.2. The van der Waals surface area contributed by atoms with Crippen molar-refractivity contribution in [2.24, 2.45) is 0 Å². The van der Waals surface area contributed by atoms with E-state index < -0.39 is 0 Å². The molecule has 3 aromatic rings. The molecule has 0 atom stereocenters. The number of nitrogens with zero attached hydrogens (tertiary/aromatic N) is 1. The van der Waals surface area contributed by atoms with Crippen molar-refractivity contribution in [3.05, 3.63) is 65.9 Å². The summed E-state index contributed by atoms with van der Waals surface area (Å²) in [6, 6.07) is 16.5. The zero-order chi connectivity index (χ0) is 16.2. The minimum atomic E-state index is -0.306. The van der Waals surface area contributed by atoms with Crippen molar-refractivity contribution < 1.29 is 14.1 Å². The summed E-state index contributed by atoms with van der Waals surface area (Å²) in [7, 11) is 1.61. The van der Waals surface area contributed by atoms with Crippen molar-refractivity contribution in [1.29, 1.82) is 0 Å². The predicted molar refractivity (Wildman–Crippen MR) is 87.6 cm³/mol. The second kappa shape index (κ2) is 6.36. The molecule has 23 heavy (non-hydrogen) atoms. The van der Waals surface area contributed by atoms with Gasteiger partial charge in [0.15, 0.2) is 11.5 Å². The summed E-state index contributed by atoms with van der Waals surface area (Å²) in [6.45, 7) is 1.97. The minimum absolute atomic E-state index is 0.234. The van der Waals surface area contributed by atoms with Crippen LogP contribution in [-0.2, 0) is 0 Å². The topological polar surface area (TPSA) is 64.4 Å². The third-order valence-electron chi connectivity index (χ3n) is 3.39. The van der Waals surface area contributed by atoms with Crippen LogP contribution in [0.5, 0.6) is 5.75 Å². The van der Waals surface area contributed by atoms with Crippen LogP contribution in [0.3, 0.4) is 0 Å². The molecule has 0 unspecified atom stereocenters. The van der Waals surface area contributed by atoms with Crippen LogP contribution in [0, 0.1) is 6.92 Å². The number of ether oxygens (including phenoxy) is 1. The minimum Gasteiger partial charge on any atom is -0.497 e. The Morgan fingerprint density at radius 1 is 1.13 bits per heavy atom. The van der Waals surface area contributed by atoms with E-state index >= 15 is 0 Å². The van der Waals surface area contributed by atoms with Gasteiger partial charge in [0.2, 0.25) is 0 Å². The van der Waals surface area contributed by atoms with Gasteiger partial charge >= 0.3 is 0 Å². The number of carbonyl (C=O) groups excluding carboxylic acids is 1. The number of carbonyl (C=O) groups is 1. The van der Waals surface area contributed by atoms with Crippen LogP contribution in [0.2, 0.25) is 0 Å². The Bertz CT molecular complexity index is 822. The number of benzene rings is 2. The molecule has 0 saturated carbocycles. The van der Waals surface area contributed by atoms with Gasteiger partial charge in [-0.05, 0) is 48.9 Å². The lowest BCUT2D eigenvalue weighted by Crippen LogP contribution is -2.12. The third kappa shape index (κ3) is 3.40. The molecular formula is C18H16N2O3. The molecule has 0 bridgehead atoms. The molecule has 5 nitrogen and oxygen atoms in total. The average molecular weight is 308 g/mol. The van der Waals surface area contributed by atoms with Crippen LogP contribution in [0.4, 0.5) is 5.69 Å². The maximum atomic E-state index is 12.2. The number of hydrogen-bond acceptors (Lipinski definition) is 4. The summed E-state index contributed by atoms with van der Waals surface area (Å²) in [4.78, 5) is 12.2. The molecule has 1 N–H and O–H groups in total. The van der Waals surface area contributed by atoms with E-state index in [2.05, 4.69) is 10.5 Å². The third-order valence-corrected chi connectivity index (χ3v) is 3.39. The summed E-state index contributed by atoms with van der Waals surface area (Å²) in [5.74, 6) is 0.979. The average Bonchev–Trinajstić information content (AvgIpc) is 3.05. The van der Waals surface area contributed by atoms with Crippen LogP contribution in [0.1, 0.15) is 16.1 Å². The van der Waals surface area contributed by atoms with Crippen molar-refractivity contribution in [3.8, 4) is 17.1 Å². The lowest BCUT2D eigenvalue weighted by atomic mass is 10.1. The molecule has 5 heteroatoms. The number of amides is 1. The lowest BCUT2D eigenvalue weighted by molar-refractivity contribution is 0.101. The van der Waals surface area contributed by atoms with Crippen molar-refractivity contribution in [2.75, 3.05) is 12.4 Å². The molecule has 2 aromatic carbocycles. The first kappa shape index (κ1) is 14.8. The van der Waals surface area contributed by atoms with Crippen LogP contribution in [0.25, 0.3) is 11.3 Å². The van der Waals surface area contributed by atoms with E-state index in [-0.39, 0.29) is 11.6 Å². The fourth-order valence-corrected chi connectivity index (χ4v) is 2.19. The van der Waals surface area contributed by atoms with Gasteiger partial charge in [-0.2, -0.15) is 0 Å². The second-order valence-corrected chi connectivity index (χ2v) is 5.13. The van der Waals surface area contributed by atoms with Gasteiger partial charge in [-0.25, -0.2) is 0 Å². The molecular weight excluding hydrogens is 292 g/mol. The smallest absolute Gasteiger partial charge is 0.277 e. The molecule has 1 heterocycles. The molecule has 0 aliphatic heterocycles. The Kier molecular flexibility index (Phi) is 4.10. The fraction of sp³-hybridized carbons (Fsp3) is 0.111. The molecule has 3 rings (SSSR count). The molecule has 1 aromatic heterocycles. The van der Waals surface area contributed by atoms with E-state index in [0.29, 0.717) is 5.76 Å². The van der Waals surface area contributed by atoms with E-state index in [1.165, 1.54) is 0 Å².